The monoisotopic (exact) mass is 512 g/mol. The Labute approximate surface area is 227 Å². The Balaban J connectivity index is 1.62. The van der Waals surface area contributed by atoms with E-state index >= 15 is 0 Å². The minimum absolute atomic E-state index is 0.0888. The number of hydrogen-bond acceptors (Lipinski definition) is 3. The van der Waals surface area contributed by atoms with Gasteiger partial charge in [-0.3, -0.25) is 9.59 Å². The SMILES string of the molecule is Cc1cc(C)cc(OCC(=O)N(Cc2ccccc2C)[C@H](Cc2ccccc2)C(=O)NC2CCCCC2)c1. The summed E-state index contributed by atoms with van der Waals surface area (Å²) in [5.41, 5.74) is 5.30. The maximum atomic E-state index is 13.9. The summed E-state index contributed by atoms with van der Waals surface area (Å²) >= 11 is 0. The molecule has 0 radical (unpaired) electrons. The second kappa shape index (κ2) is 13.3. The lowest BCUT2D eigenvalue weighted by Crippen LogP contribution is -2.53. The summed E-state index contributed by atoms with van der Waals surface area (Å²) in [6.45, 7) is 6.28. The van der Waals surface area contributed by atoms with E-state index in [0.29, 0.717) is 18.7 Å². The number of ether oxygens (including phenoxy) is 1. The van der Waals surface area contributed by atoms with Crippen molar-refractivity contribution in [2.24, 2.45) is 0 Å². The average molecular weight is 513 g/mol. The van der Waals surface area contributed by atoms with E-state index in [1.54, 1.807) is 4.90 Å². The molecule has 0 bridgehead atoms. The Hall–Kier alpha value is -3.60. The number of hydrogen-bond donors (Lipinski definition) is 1. The van der Waals surface area contributed by atoms with Gasteiger partial charge in [0, 0.05) is 19.0 Å². The maximum Gasteiger partial charge on any atom is 0.261 e. The Morgan fingerprint density at radius 3 is 2.24 bits per heavy atom. The summed E-state index contributed by atoms with van der Waals surface area (Å²) in [5.74, 6) is 0.374. The molecular weight excluding hydrogens is 472 g/mol. The first kappa shape index (κ1) is 27.4. The number of carbonyl (C=O) groups is 2. The van der Waals surface area contributed by atoms with Crippen LogP contribution in [0.2, 0.25) is 0 Å². The van der Waals surface area contributed by atoms with E-state index in [-0.39, 0.29) is 24.5 Å². The molecule has 1 atom stereocenters. The fourth-order valence-corrected chi connectivity index (χ4v) is 5.31. The van der Waals surface area contributed by atoms with Gasteiger partial charge in [-0.2, -0.15) is 0 Å². The molecule has 3 aromatic rings. The minimum Gasteiger partial charge on any atom is -0.484 e. The van der Waals surface area contributed by atoms with Crippen molar-refractivity contribution in [1.82, 2.24) is 10.2 Å². The largest absolute Gasteiger partial charge is 0.484 e. The third kappa shape index (κ3) is 7.70. The predicted octanol–water partition coefficient (Wildman–Crippen LogP) is 6.08. The van der Waals surface area contributed by atoms with Crippen LogP contribution in [0.15, 0.2) is 72.8 Å². The molecule has 200 valence electrons. The molecule has 0 aliphatic heterocycles. The smallest absolute Gasteiger partial charge is 0.261 e. The summed E-state index contributed by atoms with van der Waals surface area (Å²) in [4.78, 5) is 29.4. The van der Waals surface area contributed by atoms with Crippen molar-refractivity contribution < 1.29 is 14.3 Å². The Kier molecular flexibility index (Phi) is 9.58. The number of nitrogens with zero attached hydrogens (tertiary/aromatic N) is 1. The Bertz CT molecular complexity index is 1200. The first-order valence-corrected chi connectivity index (χ1v) is 13.8. The molecule has 1 saturated carbocycles. The van der Waals surface area contributed by atoms with Crippen molar-refractivity contribution in [2.45, 2.75) is 77.9 Å². The van der Waals surface area contributed by atoms with E-state index in [4.69, 9.17) is 4.74 Å². The van der Waals surface area contributed by atoms with Crippen molar-refractivity contribution >= 4 is 11.8 Å². The molecule has 1 N–H and O–H groups in total. The van der Waals surface area contributed by atoms with Gasteiger partial charge in [0.25, 0.3) is 5.91 Å². The van der Waals surface area contributed by atoms with Crippen LogP contribution in [0.4, 0.5) is 0 Å². The number of nitrogens with one attached hydrogen (secondary N) is 1. The van der Waals surface area contributed by atoms with Gasteiger partial charge in [-0.25, -0.2) is 0 Å². The third-order valence-corrected chi connectivity index (χ3v) is 7.38. The van der Waals surface area contributed by atoms with Gasteiger partial charge in [-0.1, -0.05) is 79.9 Å². The number of benzene rings is 3. The van der Waals surface area contributed by atoms with Crippen molar-refractivity contribution in [2.75, 3.05) is 6.61 Å². The van der Waals surface area contributed by atoms with Crippen LogP contribution >= 0.6 is 0 Å². The molecule has 0 saturated heterocycles. The van der Waals surface area contributed by atoms with Crippen LogP contribution in [0.25, 0.3) is 0 Å². The maximum absolute atomic E-state index is 13.9. The van der Waals surface area contributed by atoms with Crippen LogP contribution in [-0.4, -0.2) is 35.4 Å². The molecule has 1 aliphatic rings. The van der Waals surface area contributed by atoms with E-state index in [0.717, 1.165) is 53.5 Å². The zero-order chi connectivity index (χ0) is 26.9. The standard InChI is InChI=1S/C33H40N2O3/c1-24-18-25(2)20-30(19-24)38-23-32(36)35(22-28-15-11-10-12-26(28)3)31(21-27-13-6-4-7-14-27)33(37)34-29-16-8-5-9-17-29/h4,6-7,10-15,18-20,29,31H,5,8-9,16-17,21-23H2,1-3H3,(H,34,37)/t31-/m1/s1. The first-order chi connectivity index (χ1) is 18.4. The lowest BCUT2D eigenvalue weighted by atomic mass is 9.94. The zero-order valence-electron chi connectivity index (χ0n) is 22.9. The lowest BCUT2D eigenvalue weighted by Gasteiger charge is -2.33. The molecule has 4 rings (SSSR count). The topological polar surface area (TPSA) is 58.6 Å². The van der Waals surface area contributed by atoms with E-state index < -0.39 is 6.04 Å². The van der Waals surface area contributed by atoms with Gasteiger partial charge < -0.3 is 15.0 Å². The fraction of sp³-hybridized carbons (Fsp3) is 0.394. The molecule has 0 aromatic heterocycles. The minimum atomic E-state index is -0.644. The third-order valence-electron chi connectivity index (χ3n) is 7.38. The molecule has 0 heterocycles. The molecule has 3 aromatic carbocycles. The fourth-order valence-electron chi connectivity index (χ4n) is 5.31. The van der Waals surface area contributed by atoms with E-state index in [1.165, 1.54) is 6.42 Å². The van der Waals surface area contributed by atoms with Gasteiger partial charge in [-0.05, 0) is 73.6 Å². The summed E-state index contributed by atoms with van der Waals surface area (Å²) in [5, 5.41) is 3.29. The van der Waals surface area contributed by atoms with E-state index in [9.17, 15) is 9.59 Å². The number of aryl methyl sites for hydroxylation is 3. The van der Waals surface area contributed by atoms with E-state index in [2.05, 4.69) is 11.4 Å². The Morgan fingerprint density at radius 2 is 1.55 bits per heavy atom. The molecular formula is C33H40N2O3. The molecule has 2 amide bonds. The quantitative estimate of drug-likeness (QED) is 0.358. The molecule has 0 spiro atoms. The van der Waals surface area contributed by atoms with Crippen LogP contribution in [0.3, 0.4) is 0 Å². The number of amides is 2. The van der Waals surface area contributed by atoms with Gasteiger partial charge in [-0.15, -0.1) is 0 Å². The highest BCUT2D eigenvalue weighted by Gasteiger charge is 2.32. The Morgan fingerprint density at radius 1 is 0.895 bits per heavy atom. The summed E-state index contributed by atoms with van der Waals surface area (Å²) in [6.07, 6.45) is 5.90. The number of rotatable bonds is 10. The highest BCUT2D eigenvalue weighted by molar-refractivity contribution is 5.88. The zero-order valence-corrected chi connectivity index (χ0v) is 22.9. The van der Waals surface area contributed by atoms with Gasteiger partial charge in [0.05, 0.1) is 0 Å². The van der Waals surface area contributed by atoms with E-state index in [1.807, 2.05) is 87.5 Å². The second-order valence-corrected chi connectivity index (χ2v) is 10.6. The molecule has 5 heteroatoms. The van der Waals surface area contributed by atoms with Crippen LogP contribution in [0, 0.1) is 20.8 Å². The van der Waals surface area contributed by atoms with Gasteiger partial charge in [0.1, 0.15) is 11.8 Å². The number of carbonyl (C=O) groups excluding carboxylic acids is 2. The van der Waals surface area contributed by atoms with Gasteiger partial charge >= 0.3 is 0 Å². The van der Waals surface area contributed by atoms with Crippen LogP contribution in [0.5, 0.6) is 5.75 Å². The molecule has 0 unspecified atom stereocenters. The van der Waals surface area contributed by atoms with Gasteiger partial charge in [0.15, 0.2) is 6.61 Å². The van der Waals surface area contributed by atoms with Crippen molar-refractivity contribution in [3.8, 4) is 5.75 Å². The molecule has 1 fully saturated rings. The molecule has 5 nitrogen and oxygen atoms in total. The molecule has 1 aliphatic carbocycles. The summed E-state index contributed by atoms with van der Waals surface area (Å²) in [7, 11) is 0. The second-order valence-electron chi connectivity index (χ2n) is 10.6. The first-order valence-electron chi connectivity index (χ1n) is 13.8. The van der Waals surface area contributed by atoms with Crippen LogP contribution in [-0.2, 0) is 22.6 Å². The summed E-state index contributed by atoms with van der Waals surface area (Å²) < 4.78 is 5.99. The highest BCUT2D eigenvalue weighted by atomic mass is 16.5. The predicted molar refractivity (Wildman–Crippen MR) is 152 cm³/mol. The highest BCUT2D eigenvalue weighted by Crippen LogP contribution is 2.21. The summed E-state index contributed by atoms with van der Waals surface area (Å²) in [6, 6.07) is 23.4. The van der Waals surface area contributed by atoms with Crippen molar-refractivity contribution in [3.63, 3.8) is 0 Å². The van der Waals surface area contributed by atoms with Crippen LogP contribution < -0.4 is 10.1 Å². The average Bonchev–Trinajstić information content (AvgIpc) is 2.91. The van der Waals surface area contributed by atoms with Gasteiger partial charge in [0.2, 0.25) is 5.91 Å². The molecule has 38 heavy (non-hydrogen) atoms. The van der Waals surface area contributed by atoms with Crippen molar-refractivity contribution in [3.05, 3.63) is 101 Å². The lowest BCUT2D eigenvalue weighted by molar-refractivity contribution is -0.143. The van der Waals surface area contributed by atoms with Crippen molar-refractivity contribution in [1.29, 1.82) is 0 Å². The van der Waals surface area contributed by atoms with Crippen LogP contribution in [0.1, 0.15) is 59.9 Å². The normalized spacial score (nSPS) is 14.5.